The van der Waals surface area contributed by atoms with Gasteiger partial charge in [-0.25, -0.2) is 13.2 Å². The van der Waals surface area contributed by atoms with Crippen molar-refractivity contribution in [1.29, 1.82) is 0 Å². The lowest BCUT2D eigenvalue weighted by Gasteiger charge is -2.29. The topological polar surface area (TPSA) is 110 Å². The fourth-order valence-corrected chi connectivity index (χ4v) is 4.26. The molecule has 0 amide bonds. The molecule has 1 aliphatic rings. The van der Waals surface area contributed by atoms with Gasteiger partial charge in [0.1, 0.15) is 10.6 Å². The summed E-state index contributed by atoms with van der Waals surface area (Å²) in [4.78, 5) is 22.5. The molecule has 2 rings (SSSR count). The van der Waals surface area contributed by atoms with E-state index in [1.165, 1.54) is 36.7 Å². The van der Waals surface area contributed by atoms with Gasteiger partial charge in [-0.2, -0.15) is 4.31 Å². The Kier molecular flexibility index (Phi) is 5.45. The molecule has 132 valence electrons. The van der Waals surface area contributed by atoms with Crippen molar-refractivity contribution >= 4 is 22.0 Å². The maximum Gasteiger partial charge on any atom is 0.337 e. The number of ether oxygens (including phenoxy) is 2. The number of carboxylic acid groups (broad SMARTS) is 1. The largest absolute Gasteiger partial charge is 0.495 e. The monoisotopic (exact) mass is 357 g/mol. The summed E-state index contributed by atoms with van der Waals surface area (Å²) in [5.74, 6) is -2.00. The van der Waals surface area contributed by atoms with E-state index in [-0.39, 0.29) is 42.1 Å². The molecule has 0 spiro atoms. The van der Waals surface area contributed by atoms with Crippen LogP contribution in [0.25, 0.3) is 0 Å². The summed E-state index contributed by atoms with van der Waals surface area (Å²) in [5, 5.41) is 9.01. The first-order chi connectivity index (χ1) is 11.3. The maximum atomic E-state index is 12.9. The highest BCUT2D eigenvalue weighted by Gasteiger charge is 2.34. The Hall–Kier alpha value is -2.13. The average molecular weight is 357 g/mol. The van der Waals surface area contributed by atoms with Crippen LogP contribution >= 0.6 is 0 Å². The minimum atomic E-state index is -3.91. The minimum Gasteiger partial charge on any atom is -0.495 e. The van der Waals surface area contributed by atoms with E-state index in [9.17, 15) is 18.0 Å². The minimum absolute atomic E-state index is 0.0947. The van der Waals surface area contributed by atoms with Gasteiger partial charge < -0.3 is 14.6 Å². The third-order valence-electron chi connectivity index (χ3n) is 4.01. The summed E-state index contributed by atoms with van der Waals surface area (Å²) in [7, 11) is -1.37. The van der Waals surface area contributed by atoms with Crippen LogP contribution in [0, 0.1) is 5.92 Å². The normalized spacial score (nSPS) is 16.6. The molecule has 9 heteroatoms. The zero-order valence-corrected chi connectivity index (χ0v) is 14.2. The molecule has 1 fully saturated rings. The lowest BCUT2D eigenvalue weighted by Crippen LogP contribution is -2.40. The van der Waals surface area contributed by atoms with Crippen molar-refractivity contribution in [1.82, 2.24) is 4.31 Å². The van der Waals surface area contributed by atoms with Crippen molar-refractivity contribution in [3.05, 3.63) is 23.8 Å². The van der Waals surface area contributed by atoms with Crippen molar-refractivity contribution in [3.8, 4) is 5.75 Å². The number of hydrogen-bond donors (Lipinski definition) is 1. The summed E-state index contributed by atoms with van der Waals surface area (Å²) in [6, 6.07) is 4.02. The number of hydrogen-bond acceptors (Lipinski definition) is 6. The number of methoxy groups -OCH3 is 2. The molecular formula is C15H19NO7S. The number of nitrogens with zero attached hydrogens (tertiary/aromatic N) is 1. The molecule has 1 aliphatic heterocycles. The van der Waals surface area contributed by atoms with Gasteiger partial charge in [0.15, 0.2) is 0 Å². The molecule has 0 radical (unpaired) electrons. The van der Waals surface area contributed by atoms with E-state index in [0.29, 0.717) is 0 Å². The van der Waals surface area contributed by atoms with Crippen LogP contribution in [0.1, 0.15) is 23.2 Å². The van der Waals surface area contributed by atoms with E-state index in [2.05, 4.69) is 4.74 Å². The third kappa shape index (κ3) is 3.51. The Morgan fingerprint density at radius 3 is 2.33 bits per heavy atom. The number of rotatable bonds is 5. The van der Waals surface area contributed by atoms with Crippen molar-refractivity contribution < 1.29 is 32.6 Å². The molecule has 1 aromatic rings. The van der Waals surface area contributed by atoms with Gasteiger partial charge in [-0.1, -0.05) is 0 Å². The van der Waals surface area contributed by atoms with E-state index >= 15 is 0 Å². The van der Waals surface area contributed by atoms with Crippen LogP contribution in [-0.2, 0) is 19.6 Å². The molecule has 0 aliphatic carbocycles. The Bertz CT molecular complexity index is 736. The zero-order valence-electron chi connectivity index (χ0n) is 13.4. The molecule has 0 saturated carbocycles. The average Bonchev–Trinajstić information content (AvgIpc) is 2.60. The molecular weight excluding hydrogens is 338 g/mol. The summed E-state index contributed by atoms with van der Waals surface area (Å²) < 4.78 is 36.6. The second kappa shape index (κ2) is 7.18. The van der Waals surface area contributed by atoms with Crippen LogP contribution in [0.4, 0.5) is 0 Å². The summed E-state index contributed by atoms with van der Waals surface area (Å²) in [6.45, 7) is 0.204. The van der Waals surface area contributed by atoms with Gasteiger partial charge in [0.05, 0.1) is 25.7 Å². The first-order valence-corrected chi connectivity index (χ1v) is 8.74. The zero-order chi connectivity index (χ0) is 17.9. The fourth-order valence-electron chi connectivity index (χ4n) is 2.61. The van der Waals surface area contributed by atoms with Gasteiger partial charge in [0.2, 0.25) is 10.0 Å². The van der Waals surface area contributed by atoms with Gasteiger partial charge >= 0.3 is 11.9 Å². The predicted molar refractivity (Wildman–Crippen MR) is 83.5 cm³/mol. The maximum absolute atomic E-state index is 12.9. The van der Waals surface area contributed by atoms with Crippen LogP contribution < -0.4 is 4.74 Å². The number of aliphatic carboxylic acids is 1. The number of carbonyl (C=O) groups excluding carboxylic acids is 1. The number of esters is 1. The lowest BCUT2D eigenvalue weighted by molar-refractivity contribution is -0.142. The van der Waals surface area contributed by atoms with Crippen molar-refractivity contribution in [2.75, 3.05) is 27.3 Å². The van der Waals surface area contributed by atoms with Crippen molar-refractivity contribution in [2.24, 2.45) is 5.92 Å². The van der Waals surface area contributed by atoms with Gasteiger partial charge in [-0.15, -0.1) is 0 Å². The fraction of sp³-hybridized carbons (Fsp3) is 0.467. The van der Waals surface area contributed by atoms with Crippen molar-refractivity contribution in [2.45, 2.75) is 17.7 Å². The third-order valence-corrected chi connectivity index (χ3v) is 5.93. The molecule has 1 heterocycles. The molecule has 0 aromatic heterocycles. The van der Waals surface area contributed by atoms with E-state index in [1.54, 1.807) is 0 Å². The second-order valence-electron chi connectivity index (χ2n) is 5.37. The summed E-state index contributed by atoms with van der Waals surface area (Å²) in [6.07, 6.45) is 0.487. The van der Waals surface area contributed by atoms with E-state index in [4.69, 9.17) is 9.84 Å². The molecule has 0 unspecified atom stereocenters. The van der Waals surface area contributed by atoms with Crippen LogP contribution in [0.3, 0.4) is 0 Å². The summed E-state index contributed by atoms with van der Waals surface area (Å²) in [5.41, 5.74) is 0.0947. The highest BCUT2D eigenvalue weighted by atomic mass is 32.2. The second-order valence-corrected chi connectivity index (χ2v) is 7.28. The van der Waals surface area contributed by atoms with Crippen LogP contribution in [-0.4, -0.2) is 57.1 Å². The molecule has 1 aromatic carbocycles. The number of piperidine rings is 1. The highest BCUT2D eigenvalue weighted by Crippen LogP contribution is 2.30. The Morgan fingerprint density at radius 2 is 1.83 bits per heavy atom. The number of benzene rings is 1. The van der Waals surface area contributed by atoms with E-state index in [1.807, 2.05) is 0 Å². The Balaban J connectivity index is 2.35. The first-order valence-electron chi connectivity index (χ1n) is 7.30. The SMILES string of the molecule is COC(=O)c1ccc(OC)c(S(=O)(=O)N2CCC(C(=O)O)CC2)c1. The van der Waals surface area contributed by atoms with Gasteiger partial charge in [-0.3, -0.25) is 4.79 Å². The van der Waals surface area contributed by atoms with E-state index < -0.39 is 27.9 Å². The van der Waals surface area contributed by atoms with Crippen molar-refractivity contribution in [3.63, 3.8) is 0 Å². The molecule has 1 saturated heterocycles. The number of sulfonamides is 1. The molecule has 8 nitrogen and oxygen atoms in total. The van der Waals surface area contributed by atoms with Crippen LogP contribution in [0.2, 0.25) is 0 Å². The van der Waals surface area contributed by atoms with Crippen LogP contribution in [0.5, 0.6) is 5.75 Å². The quantitative estimate of drug-likeness (QED) is 0.782. The molecule has 0 bridgehead atoms. The standard InChI is InChI=1S/C15H19NO7S/c1-22-12-4-3-11(15(19)23-2)9-13(12)24(20,21)16-7-5-10(6-8-16)14(17)18/h3-4,9-10H,5-8H2,1-2H3,(H,17,18). The lowest BCUT2D eigenvalue weighted by atomic mass is 9.99. The Morgan fingerprint density at radius 1 is 1.21 bits per heavy atom. The van der Waals surface area contributed by atoms with Gasteiger partial charge in [0, 0.05) is 13.1 Å². The molecule has 1 N–H and O–H groups in total. The first kappa shape index (κ1) is 18.2. The molecule has 24 heavy (non-hydrogen) atoms. The smallest absolute Gasteiger partial charge is 0.337 e. The predicted octanol–water partition coefficient (Wildman–Crippen LogP) is 0.967. The van der Waals surface area contributed by atoms with Crippen LogP contribution in [0.15, 0.2) is 23.1 Å². The van der Waals surface area contributed by atoms with Gasteiger partial charge in [0.25, 0.3) is 0 Å². The number of carbonyl (C=O) groups is 2. The summed E-state index contributed by atoms with van der Waals surface area (Å²) >= 11 is 0. The van der Waals surface area contributed by atoms with E-state index in [0.717, 1.165) is 0 Å². The van der Waals surface area contributed by atoms with Gasteiger partial charge in [-0.05, 0) is 31.0 Å². The Labute approximate surface area is 140 Å². The number of carboxylic acids is 1. The highest BCUT2D eigenvalue weighted by molar-refractivity contribution is 7.89. The molecule has 0 atom stereocenters.